The maximum absolute atomic E-state index is 5.59. The Morgan fingerprint density at radius 1 is 1.78 bits per heavy atom. The predicted octanol–water partition coefficient (Wildman–Crippen LogP) is -0.295. The van der Waals surface area contributed by atoms with Crippen LogP contribution >= 0.6 is 0 Å². The van der Waals surface area contributed by atoms with Crippen LogP contribution in [0.4, 0.5) is 0 Å². The zero-order valence-corrected chi connectivity index (χ0v) is 6.09. The van der Waals surface area contributed by atoms with E-state index in [1.54, 1.807) is 6.08 Å². The molecule has 2 nitrogen and oxygen atoms in total. The zero-order valence-electron chi connectivity index (χ0n) is 6.09. The molecule has 1 unspecified atom stereocenters. The highest BCUT2D eigenvalue weighted by Crippen LogP contribution is 1.99. The first kappa shape index (κ1) is 8.21. The second-order valence-electron chi connectivity index (χ2n) is 2.17. The van der Waals surface area contributed by atoms with E-state index in [1.165, 1.54) is 6.20 Å². The van der Waals surface area contributed by atoms with Gasteiger partial charge in [-0.1, -0.05) is 13.8 Å². The molecule has 2 heteroatoms. The summed E-state index contributed by atoms with van der Waals surface area (Å²) in [7, 11) is 0. The molecule has 0 heterocycles. The number of nitrogens with two attached hydrogens (primary N) is 2. The molecule has 0 bridgehead atoms. The molecule has 0 aromatic rings. The predicted molar refractivity (Wildman–Crippen MR) is 39.7 cm³/mol. The monoisotopic (exact) mass is 127 g/mol. The van der Waals surface area contributed by atoms with Gasteiger partial charge in [0.2, 0.25) is 0 Å². The van der Waals surface area contributed by atoms with Crippen molar-refractivity contribution in [2.75, 3.05) is 0 Å². The van der Waals surface area contributed by atoms with Crippen molar-refractivity contribution in [3.8, 4) is 0 Å². The van der Waals surface area contributed by atoms with E-state index in [1.807, 2.05) is 0 Å². The Morgan fingerprint density at radius 3 is 2.67 bits per heavy atom. The van der Waals surface area contributed by atoms with Gasteiger partial charge in [-0.15, -0.1) is 0 Å². The van der Waals surface area contributed by atoms with Crippen molar-refractivity contribution >= 4 is 5.71 Å². The molecule has 0 aliphatic rings. The van der Waals surface area contributed by atoms with E-state index in [9.17, 15) is 0 Å². The summed E-state index contributed by atoms with van der Waals surface area (Å²) in [6.45, 7) is 4.18. The Kier molecular flexibility index (Phi) is 3.76. The topological polar surface area (TPSA) is 51.6 Å². The molecular formula is C7H15N2+. The molecule has 0 amide bonds. The summed E-state index contributed by atoms with van der Waals surface area (Å²) >= 11 is 0. The summed E-state index contributed by atoms with van der Waals surface area (Å²) in [6, 6.07) is 0. The van der Waals surface area contributed by atoms with Crippen molar-refractivity contribution in [3.05, 3.63) is 12.3 Å². The molecule has 0 radical (unpaired) electrons. The SMILES string of the molecule is CCC(C)C(=[NH2+])/C=C\N. The first-order valence-corrected chi connectivity index (χ1v) is 3.23. The van der Waals surface area contributed by atoms with Crippen molar-refractivity contribution < 1.29 is 5.41 Å². The van der Waals surface area contributed by atoms with Crippen LogP contribution in [0.2, 0.25) is 0 Å². The van der Waals surface area contributed by atoms with E-state index >= 15 is 0 Å². The Balaban J connectivity index is 3.73. The third-order valence-corrected chi connectivity index (χ3v) is 1.47. The van der Waals surface area contributed by atoms with Gasteiger partial charge < -0.3 is 5.73 Å². The van der Waals surface area contributed by atoms with Crippen LogP contribution in [-0.4, -0.2) is 5.71 Å². The number of rotatable bonds is 3. The summed E-state index contributed by atoms with van der Waals surface area (Å²) in [6.07, 6.45) is 4.28. The molecule has 9 heavy (non-hydrogen) atoms. The van der Waals surface area contributed by atoms with E-state index in [-0.39, 0.29) is 0 Å². The van der Waals surface area contributed by atoms with E-state index in [2.05, 4.69) is 13.8 Å². The highest BCUT2D eigenvalue weighted by Gasteiger charge is 2.06. The van der Waals surface area contributed by atoms with Gasteiger partial charge in [0.25, 0.3) is 0 Å². The highest BCUT2D eigenvalue weighted by molar-refractivity contribution is 5.91. The molecule has 1 atom stereocenters. The number of allylic oxidation sites excluding steroid dienone is 1. The van der Waals surface area contributed by atoms with E-state index in [0.29, 0.717) is 5.92 Å². The molecule has 0 aliphatic carbocycles. The Hall–Kier alpha value is -0.790. The standard InChI is InChI=1S/C7H14N2/c1-3-6(2)7(9)4-5-8/h4-6,9H,3,8H2,1-2H3/p+1/b5-4-,9-7?. The lowest BCUT2D eigenvalue weighted by molar-refractivity contribution is -0.117. The van der Waals surface area contributed by atoms with Crippen LogP contribution in [0.1, 0.15) is 20.3 Å². The molecular weight excluding hydrogens is 112 g/mol. The van der Waals surface area contributed by atoms with Gasteiger partial charge in [0.05, 0.1) is 0 Å². The molecule has 0 rings (SSSR count). The summed E-state index contributed by atoms with van der Waals surface area (Å²) in [5.74, 6) is 0.449. The molecule has 4 N–H and O–H groups in total. The number of hydrogen-bond donors (Lipinski definition) is 2. The normalized spacial score (nSPS) is 14.0. The van der Waals surface area contributed by atoms with Gasteiger partial charge in [0.1, 0.15) is 0 Å². The van der Waals surface area contributed by atoms with Crippen LogP contribution in [0, 0.1) is 5.92 Å². The fourth-order valence-corrected chi connectivity index (χ4v) is 0.511. The fraction of sp³-hybridized carbons (Fsp3) is 0.571. The summed E-state index contributed by atoms with van der Waals surface area (Å²) in [5, 5.41) is 5.59. The summed E-state index contributed by atoms with van der Waals surface area (Å²) < 4.78 is 0. The van der Waals surface area contributed by atoms with Crippen LogP contribution in [0.15, 0.2) is 12.3 Å². The van der Waals surface area contributed by atoms with Crippen molar-refractivity contribution in [3.63, 3.8) is 0 Å². The van der Waals surface area contributed by atoms with Gasteiger partial charge in [-0.25, -0.2) is 0 Å². The average Bonchev–Trinajstić information content (AvgIpc) is 1.87. The van der Waals surface area contributed by atoms with Crippen molar-refractivity contribution in [1.82, 2.24) is 0 Å². The Bertz CT molecular complexity index is 116. The highest BCUT2D eigenvalue weighted by atomic mass is 14.5. The minimum Gasteiger partial charge on any atom is -0.404 e. The van der Waals surface area contributed by atoms with E-state index in [0.717, 1.165) is 12.1 Å². The van der Waals surface area contributed by atoms with Crippen LogP contribution in [0.25, 0.3) is 0 Å². The molecule has 0 saturated carbocycles. The lowest BCUT2D eigenvalue weighted by atomic mass is 10.0. The molecule has 0 aromatic carbocycles. The second-order valence-corrected chi connectivity index (χ2v) is 2.17. The maximum atomic E-state index is 5.59. The smallest absolute Gasteiger partial charge is 0.177 e. The summed E-state index contributed by atoms with van der Waals surface area (Å²) in [4.78, 5) is 0. The molecule has 52 valence electrons. The molecule has 0 aliphatic heterocycles. The minimum atomic E-state index is 0.449. The lowest BCUT2D eigenvalue weighted by Crippen LogP contribution is -2.42. The van der Waals surface area contributed by atoms with Crippen LogP contribution in [0.3, 0.4) is 0 Å². The second kappa shape index (κ2) is 4.13. The van der Waals surface area contributed by atoms with Crippen LogP contribution in [0.5, 0.6) is 0 Å². The first-order valence-electron chi connectivity index (χ1n) is 3.23. The Morgan fingerprint density at radius 2 is 2.33 bits per heavy atom. The van der Waals surface area contributed by atoms with Gasteiger partial charge in [-0.05, 0) is 6.42 Å². The van der Waals surface area contributed by atoms with Gasteiger partial charge in [-0.2, -0.15) is 0 Å². The Labute approximate surface area is 56.3 Å². The fourth-order valence-electron chi connectivity index (χ4n) is 0.511. The molecule has 0 fully saturated rings. The van der Waals surface area contributed by atoms with E-state index < -0.39 is 0 Å². The molecule has 0 spiro atoms. The van der Waals surface area contributed by atoms with Gasteiger partial charge in [0.15, 0.2) is 5.71 Å². The van der Waals surface area contributed by atoms with Crippen molar-refractivity contribution in [1.29, 1.82) is 0 Å². The van der Waals surface area contributed by atoms with Gasteiger partial charge in [-0.3, -0.25) is 5.41 Å². The zero-order chi connectivity index (χ0) is 7.28. The minimum absolute atomic E-state index is 0.449. The molecule has 0 aromatic heterocycles. The van der Waals surface area contributed by atoms with Crippen LogP contribution < -0.4 is 11.1 Å². The quantitative estimate of drug-likeness (QED) is 0.503. The first-order chi connectivity index (χ1) is 4.22. The van der Waals surface area contributed by atoms with Crippen molar-refractivity contribution in [2.45, 2.75) is 20.3 Å². The lowest BCUT2D eigenvalue weighted by Gasteiger charge is -1.98. The summed E-state index contributed by atoms with van der Waals surface area (Å²) in [5.41, 5.74) is 6.00. The van der Waals surface area contributed by atoms with Crippen LogP contribution in [-0.2, 0) is 0 Å². The third-order valence-electron chi connectivity index (χ3n) is 1.47. The van der Waals surface area contributed by atoms with Gasteiger partial charge >= 0.3 is 0 Å². The number of hydrogen-bond acceptors (Lipinski definition) is 1. The third kappa shape index (κ3) is 2.90. The maximum Gasteiger partial charge on any atom is 0.177 e. The average molecular weight is 127 g/mol. The largest absolute Gasteiger partial charge is 0.404 e. The molecule has 0 saturated heterocycles. The van der Waals surface area contributed by atoms with Crippen molar-refractivity contribution in [2.24, 2.45) is 11.7 Å². The van der Waals surface area contributed by atoms with E-state index in [4.69, 9.17) is 11.1 Å². The van der Waals surface area contributed by atoms with Gasteiger partial charge in [0, 0.05) is 18.2 Å².